The van der Waals surface area contributed by atoms with Crippen LogP contribution in [0.15, 0.2) is 53.4 Å². The maximum atomic E-state index is 11.9. The van der Waals surface area contributed by atoms with Crippen LogP contribution in [-0.4, -0.2) is 12.6 Å². The van der Waals surface area contributed by atoms with Gasteiger partial charge >= 0.3 is 5.97 Å². The standard InChI is InChI=1S/C16H16O3S/c1-2-11-18-13-5-3-12(4-6-13)16(17)19-14-7-9-15(20)10-8-14/h3-10,20H,2,11H2,1H3. The molecule has 0 radical (unpaired) electrons. The number of carbonyl (C=O) groups is 1. The second kappa shape index (κ2) is 7.01. The van der Waals surface area contributed by atoms with Crippen molar-refractivity contribution in [3.8, 4) is 11.5 Å². The van der Waals surface area contributed by atoms with Gasteiger partial charge in [0.15, 0.2) is 0 Å². The van der Waals surface area contributed by atoms with E-state index >= 15 is 0 Å². The smallest absolute Gasteiger partial charge is 0.343 e. The fraction of sp³-hybridized carbons (Fsp3) is 0.188. The number of hydrogen-bond donors (Lipinski definition) is 1. The number of thiol groups is 1. The van der Waals surface area contributed by atoms with Crippen molar-refractivity contribution in [3.05, 3.63) is 54.1 Å². The largest absolute Gasteiger partial charge is 0.494 e. The first-order valence-electron chi connectivity index (χ1n) is 6.43. The molecule has 0 aliphatic carbocycles. The third kappa shape index (κ3) is 4.03. The van der Waals surface area contributed by atoms with Crippen molar-refractivity contribution in [1.29, 1.82) is 0 Å². The van der Waals surface area contributed by atoms with Gasteiger partial charge in [0.05, 0.1) is 12.2 Å². The number of carbonyl (C=O) groups excluding carboxylic acids is 1. The molecule has 4 heteroatoms. The van der Waals surface area contributed by atoms with Gasteiger partial charge in [0, 0.05) is 4.90 Å². The topological polar surface area (TPSA) is 35.5 Å². The first-order chi connectivity index (χ1) is 9.69. The molecule has 0 N–H and O–H groups in total. The summed E-state index contributed by atoms with van der Waals surface area (Å²) in [5, 5.41) is 0. The van der Waals surface area contributed by atoms with E-state index in [0.717, 1.165) is 17.1 Å². The molecule has 0 spiro atoms. The van der Waals surface area contributed by atoms with E-state index in [0.29, 0.717) is 17.9 Å². The predicted octanol–water partition coefficient (Wildman–Crippen LogP) is 3.98. The number of ether oxygens (including phenoxy) is 2. The van der Waals surface area contributed by atoms with Gasteiger partial charge in [0.2, 0.25) is 0 Å². The summed E-state index contributed by atoms with van der Waals surface area (Å²) in [5.74, 6) is 0.862. The van der Waals surface area contributed by atoms with Crippen LogP contribution in [0.1, 0.15) is 23.7 Å². The second-order valence-corrected chi connectivity index (χ2v) is 4.77. The zero-order valence-corrected chi connectivity index (χ0v) is 12.1. The number of esters is 1. The Bertz CT molecular complexity index is 561. The molecule has 2 rings (SSSR count). The average Bonchev–Trinajstić information content (AvgIpc) is 2.48. The Labute approximate surface area is 123 Å². The van der Waals surface area contributed by atoms with Crippen LogP contribution in [-0.2, 0) is 0 Å². The number of benzene rings is 2. The fourth-order valence-electron chi connectivity index (χ4n) is 1.59. The van der Waals surface area contributed by atoms with Gasteiger partial charge in [0.1, 0.15) is 11.5 Å². The lowest BCUT2D eigenvalue weighted by atomic mass is 10.2. The lowest BCUT2D eigenvalue weighted by Crippen LogP contribution is -2.08. The first kappa shape index (κ1) is 14.5. The second-order valence-electron chi connectivity index (χ2n) is 4.26. The molecular formula is C16H16O3S. The molecule has 0 aliphatic heterocycles. The van der Waals surface area contributed by atoms with Crippen molar-refractivity contribution in [2.75, 3.05) is 6.61 Å². The summed E-state index contributed by atoms with van der Waals surface area (Å²) >= 11 is 4.18. The summed E-state index contributed by atoms with van der Waals surface area (Å²) < 4.78 is 10.7. The highest BCUT2D eigenvalue weighted by atomic mass is 32.1. The van der Waals surface area contributed by atoms with Crippen LogP contribution in [0.2, 0.25) is 0 Å². The van der Waals surface area contributed by atoms with E-state index in [1.165, 1.54) is 0 Å². The highest BCUT2D eigenvalue weighted by molar-refractivity contribution is 7.80. The quantitative estimate of drug-likeness (QED) is 0.513. The molecule has 0 heterocycles. The first-order valence-corrected chi connectivity index (χ1v) is 6.88. The minimum Gasteiger partial charge on any atom is -0.494 e. The van der Waals surface area contributed by atoms with Crippen LogP contribution in [0, 0.1) is 0 Å². The van der Waals surface area contributed by atoms with Gasteiger partial charge in [-0.1, -0.05) is 6.92 Å². The van der Waals surface area contributed by atoms with Gasteiger partial charge in [0.25, 0.3) is 0 Å². The van der Waals surface area contributed by atoms with Crippen LogP contribution in [0.25, 0.3) is 0 Å². The molecule has 0 unspecified atom stereocenters. The molecule has 2 aromatic carbocycles. The molecule has 0 aliphatic rings. The molecule has 0 bridgehead atoms. The summed E-state index contributed by atoms with van der Waals surface area (Å²) in [4.78, 5) is 12.8. The van der Waals surface area contributed by atoms with Crippen LogP contribution in [0.5, 0.6) is 11.5 Å². The molecule has 0 atom stereocenters. The predicted molar refractivity (Wildman–Crippen MR) is 80.9 cm³/mol. The minimum absolute atomic E-state index is 0.390. The zero-order valence-electron chi connectivity index (χ0n) is 11.2. The third-order valence-electron chi connectivity index (χ3n) is 2.61. The van der Waals surface area contributed by atoms with E-state index in [4.69, 9.17) is 9.47 Å². The molecule has 2 aromatic rings. The summed E-state index contributed by atoms with van der Waals surface area (Å²) in [5.41, 5.74) is 0.490. The van der Waals surface area contributed by atoms with Crippen LogP contribution in [0.3, 0.4) is 0 Å². The van der Waals surface area contributed by atoms with Crippen LogP contribution in [0.4, 0.5) is 0 Å². The van der Waals surface area contributed by atoms with Gasteiger partial charge in [-0.2, -0.15) is 0 Å². The summed E-state index contributed by atoms with van der Waals surface area (Å²) in [6, 6.07) is 13.9. The van der Waals surface area contributed by atoms with Gasteiger partial charge in [-0.05, 0) is 55.0 Å². The molecule has 3 nitrogen and oxygen atoms in total. The van der Waals surface area contributed by atoms with Crippen LogP contribution < -0.4 is 9.47 Å². The number of rotatable bonds is 5. The molecule has 0 amide bonds. The fourth-order valence-corrected chi connectivity index (χ4v) is 1.74. The van der Waals surface area contributed by atoms with E-state index < -0.39 is 0 Å². The maximum Gasteiger partial charge on any atom is 0.343 e. The normalized spacial score (nSPS) is 10.1. The molecule has 0 aromatic heterocycles. The zero-order chi connectivity index (χ0) is 14.4. The van der Waals surface area contributed by atoms with E-state index in [2.05, 4.69) is 12.6 Å². The van der Waals surface area contributed by atoms with E-state index in [-0.39, 0.29) is 5.97 Å². The maximum absolute atomic E-state index is 11.9. The van der Waals surface area contributed by atoms with E-state index in [9.17, 15) is 4.79 Å². The monoisotopic (exact) mass is 288 g/mol. The van der Waals surface area contributed by atoms with Crippen molar-refractivity contribution in [2.24, 2.45) is 0 Å². The van der Waals surface area contributed by atoms with Crippen molar-refractivity contribution < 1.29 is 14.3 Å². The van der Waals surface area contributed by atoms with E-state index in [1.54, 1.807) is 48.5 Å². The van der Waals surface area contributed by atoms with Crippen molar-refractivity contribution >= 4 is 18.6 Å². The molecule has 104 valence electrons. The van der Waals surface area contributed by atoms with Crippen molar-refractivity contribution in [2.45, 2.75) is 18.2 Å². The minimum atomic E-state index is -0.390. The van der Waals surface area contributed by atoms with Crippen molar-refractivity contribution in [3.63, 3.8) is 0 Å². The molecular weight excluding hydrogens is 272 g/mol. The average molecular weight is 288 g/mol. The van der Waals surface area contributed by atoms with Crippen LogP contribution >= 0.6 is 12.6 Å². The molecule has 0 fully saturated rings. The van der Waals surface area contributed by atoms with Gasteiger partial charge < -0.3 is 9.47 Å². The summed E-state index contributed by atoms with van der Waals surface area (Å²) in [7, 11) is 0. The van der Waals surface area contributed by atoms with E-state index in [1.807, 2.05) is 6.92 Å². The molecule has 0 saturated heterocycles. The molecule has 20 heavy (non-hydrogen) atoms. The summed E-state index contributed by atoms with van der Waals surface area (Å²) in [6.45, 7) is 2.71. The SMILES string of the molecule is CCCOc1ccc(C(=O)Oc2ccc(S)cc2)cc1. The Morgan fingerprint density at radius 2 is 1.60 bits per heavy atom. The lowest BCUT2D eigenvalue weighted by Gasteiger charge is -2.06. The van der Waals surface area contributed by atoms with Gasteiger partial charge in [-0.25, -0.2) is 4.79 Å². The Morgan fingerprint density at radius 3 is 2.20 bits per heavy atom. The Hall–Kier alpha value is -1.94. The van der Waals surface area contributed by atoms with Gasteiger partial charge in [-0.15, -0.1) is 12.6 Å². The third-order valence-corrected chi connectivity index (χ3v) is 2.91. The molecule has 0 saturated carbocycles. The van der Waals surface area contributed by atoms with Gasteiger partial charge in [-0.3, -0.25) is 0 Å². The lowest BCUT2D eigenvalue weighted by molar-refractivity contribution is 0.0734. The Kier molecular flexibility index (Phi) is 5.07. The number of hydrogen-bond acceptors (Lipinski definition) is 4. The highest BCUT2D eigenvalue weighted by Gasteiger charge is 2.08. The summed E-state index contributed by atoms with van der Waals surface area (Å²) in [6.07, 6.45) is 0.949. The Balaban J connectivity index is 2.00. The van der Waals surface area contributed by atoms with Crippen molar-refractivity contribution in [1.82, 2.24) is 0 Å². The Morgan fingerprint density at radius 1 is 1.00 bits per heavy atom. The highest BCUT2D eigenvalue weighted by Crippen LogP contribution is 2.17.